The van der Waals surface area contributed by atoms with E-state index < -0.39 is 0 Å². The third-order valence-corrected chi connectivity index (χ3v) is 4.35. The van der Waals surface area contributed by atoms with Gasteiger partial charge in [0, 0.05) is 37.6 Å². The largest absolute Gasteiger partial charge is 0.324 e. The van der Waals surface area contributed by atoms with Crippen LogP contribution >= 0.6 is 11.8 Å². The Balaban J connectivity index is 1.71. The van der Waals surface area contributed by atoms with Gasteiger partial charge < -0.3 is 10.6 Å². The van der Waals surface area contributed by atoms with Crippen molar-refractivity contribution in [1.29, 1.82) is 0 Å². The van der Waals surface area contributed by atoms with Crippen LogP contribution in [0.5, 0.6) is 0 Å². The van der Waals surface area contributed by atoms with Gasteiger partial charge in [0.2, 0.25) is 5.91 Å². The molecule has 0 atom stereocenters. The molecule has 1 fully saturated rings. The Labute approximate surface area is 111 Å². The van der Waals surface area contributed by atoms with Crippen LogP contribution in [0.1, 0.15) is 5.56 Å². The molecule has 0 saturated carbocycles. The Morgan fingerprint density at radius 3 is 2.94 bits per heavy atom. The second-order valence-electron chi connectivity index (χ2n) is 4.69. The van der Waals surface area contributed by atoms with Gasteiger partial charge in [-0.3, -0.25) is 9.69 Å². The van der Waals surface area contributed by atoms with E-state index in [1.807, 2.05) is 6.07 Å². The molecule has 4 nitrogen and oxygen atoms in total. The van der Waals surface area contributed by atoms with Gasteiger partial charge in [-0.2, -0.15) is 0 Å². The Morgan fingerprint density at radius 2 is 2.11 bits per heavy atom. The van der Waals surface area contributed by atoms with Crippen molar-refractivity contribution in [3.8, 4) is 0 Å². The number of benzene rings is 1. The van der Waals surface area contributed by atoms with E-state index in [0.717, 1.165) is 38.4 Å². The summed E-state index contributed by atoms with van der Waals surface area (Å²) in [5, 5.41) is 6.27. The molecule has 2 heterocycles. The van der Waals surface area contributed by atoms with E-state index in [0.29, 0.717) is 5.75 Å². The van der Waals surface area contributed by atoms with Crippen molar-refractivity contribution in [3.63, 3.8) is 0 Å². The van der Waals surface area contributed by atoms with E-state index in [-0.39, 0.29) is 5.91 Å². The van der Waals surface area contributed by atoms with Crippen LogP contribution in [-0.4, -0.2) is 42.7 Å². The van der Waals surface area contributed by atoms with Crippen LogP contribution in [0.2, 0.25) is 0 Å². The van der Waals surface area contributed by atoms with Crippen molar-refractivity contribution in [3.05, 3.63) is 23.8 Å². The summed E-state index contributed by atoms with van der Waals surface area (Å²) < 4.78 is 0. The molecular formula is C13H17N3OS. The molecule has 18 heavy (non-hydrogen) atoms. The predicted molar refractivity (Wildman–Crippen MR) is 73.9 cm³/mol. The number of nitrogens with zero attached hydrogens (tertiary/aromatic N) is 1. The number of piperazine rings is 1. The summed E-state index contributed by atoms with van der Waals surface area (Å²) in [7, 11) is 0. The minimum absolute atomic E-state index is 0.0994. The van der Waals surface area contributed by atoms with Gasteiger partial charge in [-0.25, -0.2) is 0 Å². The SMILES string of the molecule is O=C1CSc2cc(CN3CCNCC3)ccc2N1. The molecule has 0 bridgehead atoms. The molecule has 0 spiro atoms. The van der Waals surface area contributed by atoms with E-state index >= 15 is 0 Å². The number of anilines is 1. The summed E-state index contributed by atoms with van der Waals surface area (Å²) in [4.78, 5) is 14.9. The zero-order chi connectivity index (χ0) is 12.4. The van der Waals surface area contributed by atoms with E-state index in [9.17, 15) is 4.79 Å². The maximum atomic E-state index is 11.3. The number of nitrogens with one attached hydrogen (secondary N) is 2. The fourth-order valence-electron chi connectivity index (χ4n) is 2.34. The standard InChI is InChI=1S/C13H17N3OS/c17-13-9-18-12-7-10(1-2-11(12)15-13)8-16-5-3-14-4-6-16/h1-2,7,14H,3-6,8-9H2,(H,15,17). The van der Waals surface area contributed by atoms with Gasteiger partial charge in [-0.1, -0.05) is 6.07 Å². The highest BCUT2D eigenvalue weighted by Crippen LogP contribution is 2.32. The first-order chi connectivity index (χ1) is 8.81. The topological polar surface area (TPSA) is 44.4 Å². The lowest BCUT2D eigenvalue weighted by molar-refractivity contribution is -0.113. The van der Waals surface area contributed by atoms with Crippen molar-refractivity contribution in [2.24, 2.45) is 0 Å². The van der Waals surface area contributed by atoms with Crippen LogP contribution in [0.4, 0.5) is 5.69 Å². The molecule has 96 valence electrons. The quantitative estimate of drug-likeness (QED) is 0.840. The highest BCUT2D eigenvalue weighted by atomic mass is 32.2. The fraction of sp³-hybridized carbons (Fsp3) is 0.462. The van der Waals surface area contributed by atoms with E-state index in [1.165, 1.54) is 10.5 Å². The first kappa shape index (κ1) is 12.0. The van der Waals surface area contributed by atoms with Gasteiger partial charge in [0.15, 0.2) is 0 Å². The number of carbonyl (C=O) groups is 1. The summed E-state index contributed by atoms with van der Waals surface area (Å²) in [6.07, 6.45) is 0. The van der Waals surface area contributed by atoms with Gasteiger partial charge >= 0.3 is 0 Å². The first-order valence-corrected chi connectivity index (χ1v) is 7.28. The second-order valence-corrected chi connectivity index (χ2v) is 5.71. The zero-order valence-electron chi connectivity index (χ0n) is 10.2. The van der Waals surface area contributed by atoms with Gasteiger partial charge in [0.1, 0.15) is 0 Å². The predicted octanol–water partition coefficient (Wildman–Crippen LogP) is 1.14. The lowest BCUT2D eigenvalue weighted by Crippen LogP contribution is -2.42. The summed E-state index contributed by atoms with van der Waals surface area (Å²) in [6, 6.07) is 6.35. The molecule has 1 saturated heterocycles. The lowest BCUT2D eigenvalue weighted by atomic mass is 10.1. The maximum Gasteiger partial charge on any atom is 0.234 e. The van der Waals surface area contributed by atoms with Crippen LogP contribution in [0.15, 0.2) is 23.1 Å². The number of thioether (sulfide) groups is 1. The monoisotopic (exact) mass is 263 g/mol. The first-order valence-electron chi connectivity index (χ1n) is 6.30. The second kappa shape index (κ2) is 5.30. The molecule has 1 amide bonds. The molecule has 0 aromatic heterocycles. The van der Waals surface area contributed by atoms with Gasteiger partial charge in [0.25, 0.3) is 0 Å². The van der Waals surface area contributed by atoms with E-state index in [2.05, 4.69) is 27.7 Å². The van der Waals surface area contributed by atoms with Crippen molar-refractivity contribution in [1.82, 2.24) is 10.2 Å². The van der Waals surface area contributed by atoms with Crippen molar-refractivity contribution in [2.45, 2.75) is 11.4 Å². The van der Waals surface area contributed by atoms with Crippen molar-refractivity contribution in [2.75, 3.05) is 37.2 Å². The average Bonchev–Trinajstić information content (AvgIpc) is 2.40. The van der Waals surface area contributed by atoms with Gasteiger partial charge in [-0.15, -0.1) is 11.8 Å². The number of hydrogen-bond acceptors (Lipinski definition) is 4. The zero-order valence-corrected chi connectivity index (χ0v) is 11.1. The van der Waals surface area contributed by atoms with Gasteiger partial charge in [0.05, 0.1) is 11.4 Å². The molecule has 0 unspecified atom stereocenters. The maximum absolute atomic E-state index is 11.3. The van der Waals surface area contributed by atoms with Crippen LogP contribution < -0.4 is 10.6 Å². The lowest BCUT2D eigenvalue weighted by Gasteiger charge is -2.27. The van der Waals surface area contributed by atoms with Crippen LogP contribution in [-0.2, 0) is 11.3 Å². The van der Waals surface area contributed by atoms with Crippen LogP contribution in [0, 0.1) is 0 Å². The number of fused-ring (bicyclic) bond motifs is 1. The van der Waals surface area contributed by atoms with E-state index in [1.54, 1.807) is 11.8 Å². The van der Waals surface area contributed by atoms with Crippen molar-refractivity contribution < 1.29 is 4.79 Å². The average molecular weight is 263 g/mol. The molecule has 1 aromatic rings. The van der Waals surface area contributed by atoms with E-state index in [4.69, 9.17) is 0 Å². The number of rotatable bonds is 2. The molecule has 5 heteroatoms. The molecule has 0 radical (unpaired) electrons. The Morgan fingerprint density at radius 1 is 1.28 bits per heavy atom. The Bertz CT molecular complexity index is 458. The Kier molecular flexibility index (Phi) is 3.54. The third-order valence-electron chi connectivity index (χ3n) is 3.29. The highest BCUT2D eigenvalue weighted by Gasteiger charge is 2.16. The smallest absolute Gasteiger partial charge is 0.234 e. The molecular weight excluding hydrogens is 246 g/mol. The molecule has 2 aliphatic rings. The van der Waals surface area contributed by atoms with Crippen LogP contribution in [0.3, 0.4) is 0 Å². The molecule has 0 aliphatic carbocycles. The summed E-state index contributed by atoms with van der Waals surface area (Å²) >= 11 is 1.63. The molecule has 3 rings (SSSR count). The highest BCUT2D eigenvalue weighted by molar-refractivity contribution is 8.00. The third kappa shape index (κ3) is 2.68. The molecule has 2 N–H and O–H groups in total. The molecule has 1 aromatic carbocycles. The normalized spacial score (nSPS) is 20.3. The minimum Gasteiger partial charge on any atom is -0.324 e. The summed E-state index contributed by atoms with van der Waals surface area (Å²) in [5.41, 5.74) is 2.29. The summed E-state index contributed by atoms with van der Waals surface area (Å²) in [5.74, 6) is 0.631. The number of carbonyl (C=O) groups excluding carboxylic acids is 1. The minimum atomic E-state index is 0.0994. The van der Waals surface area contributed by atoms with Crippen LogP contribution in [0.25, 0.3) is 0 Å². The Hall–Kier alpha value is -1.04. The summed E-state index contributed by atoms with van der Waals surface area (Å²) in [6.45, 7) is 5.39. The van der Waals surface area contributed by atoms with Crippen molar-refractivity contribution >= 4 is 23.4 Å². The number of hydrogen-bond donors (Lipinski definition) is 2. The van der Waals surface area contributed by atoms with Gasteiger partial charge in [-0.05, 0) is 17.7 Å². The molecule has 2 aliphatic heterocycles. The fourth-order valence-corrected chi connectivity index (χ4v) is 3.21. The number of amides is 1.